The monoisotopic (exact) mass is 305 g/mol. The molecule has 3 rings (SSSR count). The largest absolute Gasteiger partial charge is 0.366 e. The summed E-state index contributed by atoms with van der Waals surface area (Å²) >= 11 is 0. The van der Waals surface area contributed by atoms with E-state index in [0.717, 1.165) is 25.3 Å². The van der Waals surface area contributed by atoms with E-state index in [4.69, 9.17) is 0 Å². The highest BCUT2D eigenvalue weighted by atomic mass is 15.0. The van der Waals surface area contributed by atoms with E-state index in [9.17, 15) is 0 Å². The highest BCUT2D eigenvalue weighted by Gasteiger charge is 2.00. The van der Waals surface area contributed by atoms with Crippen molar-refractivity contribution in [3.05, 3.63) is 83.8 Å². The average molecular weight is 305 g/mol. The van der Waals surface area contributed by atoms with Gasteiger partial charge in [-0.3, -0.25) is 0 Å². The van der Waals surface area contributed by atoms with Gasteiger partial charge < -0.3 is 9.88 Å². The van der Waals surface area contributed by atoms with E-state index in [-0.39, 0.29) is 0 Å². The van der Waals surface area contributed by atoms with Crippen LogP contribution in [0.5, 0.6) is 0 Å². The molecule has 2 heterocycles. The molecule has 3 nitrogen and oxygen atoms in total. The molecule has 3 aromatic rings. The van der Waals surface area contributed by atoms with Crippen LogP contribution in [0.2, 0.25) is 0 Å². The summed E-state index contributed by atoms with van der Waals surface area (Å²) in [7, 11) is 0. The Hall–Kier alpha value is -2.55. The van der Waals surface area contributed by atoms with Crippen molar-refractivity contribution in [1.29, 1.82) is 0 Å². The van der Waals surface area contributed by atoms with Crippen molar-refractivity contribution in [3.63, 3.8) is 0 Å². The maximum atomic E-state index is 4.51. The number of hydrogen-bond acceptors (Lipinski definition) is 2. The molecule has 0 unspecified atom stereocenters. The third kappa shape index (κ3) is 4.46. The van der Waals surface area contributed by atoms with Gasteiger partial charge in [-0.25, -0.2) is 4.98 Å². The molecule has 0 aliphatic rings. The number of aromatic nitrogens is 2. The van der Waals surface area contributed by atoms with E-state index >= 15 is 0 Å². The van der Waals surface area contributed by atoms with Gasteiger partial charge >= 0.3 is 0 Å². The van der Waals surface area contributed by atoms with Crippen molar-refractivity contribution in [2.75, 3.05) is 5.32 Å². The van der Waals surface area contributed by atoms with E-state index in [1.807, 2.05) is 12.3 Å². The van der Waals surface area contributed by atoms with Gasteiger partial charge in [-0.2, -0.15) is 0 Å². The lowest BCUT2D eigenvalue weighted by atomic mass is 10.2. The minimum Gasteiger partial charge on any atom is -0.366 e. The van der Waals surface area contributed by atoms with E-state index in [2.05, 4.69) is 76.6 Å². The molecule has 23 heavy (non-hydrogen) atoms. The van der Waals surface area contributed by atoms with Gasteiger partial charge in [0, 0.05) is 31.7 Å². The summed E-state index contributed by atoms with van der Waals surface area (Å²) in [5.74, 6) is 0.914. The Balaban J connectivity index is 1.56. The summed E-state index contributed by atoms with van der Waals surface area (Å²) in [6.45, 7) is 3.88. The first-order valence-corrected chi connectivity index (χ1v) is 8.21. The fourth-order valence-electron chi connectivity index (χ4n) is 2.65. The first-order chi connectivity index (χ1) is 11.3. The zero-order chi connectivity index (χ0) is 15.9. The lowest BCUT2D eigenvalue weighted by Crippen LogP contribution is -2.02. The minimum absolute atomic E-state index is 0.797. The van der Waals surface area contributed by atoms with Crippen LogP contribution < -0.4 is 5.32 Å². The second-order valence-corrected chi connectivity index (χ2v) is 5.83. The van der Waals surface area contributed by atoms with E-state index in [1.54, 1.807) is 0 Å². The summed E-state index contributed by atoms with van der Waals surface area (Å²) < 4.78 is 2.22. The zero-order valence-electron chi connectivity index (χ0n) is 13.6. The average Bonchev–Trinajstić information content (AvgIpc) is 3.03. The SMILES string of the molecule is CCCc1ccn(Cc2ccc(NCc3ccccc3)nc2)c1. The van der Waals surface area contributed by atoms with Crippen molar-refractivity contribution >= 4 is 5.82 Å². The van der Waals surface area contributed by atoms with Gasteiger partial charge in [-0.1, -0.05) is 49.7 Å². The molecule has 3 heteroatoms. The molecule has 1 N–H and O–H groups in total. The van der Waals surface area contributed by atoms with Crippen LogP contribution in [0.3, 0.4) is 0 Å². The Bertz CT molecular complexity index is 714. The van der Waals surface area contributed by atoms with E-state index in [0.29, 0.717) is 0 Å². The lowest BCUT2D eigenvalue weighted by molar-refractivity contribution is 0.794. The molecule has 0 saturated carbocycles. The third-order valence-corrected chi connectivity index (χ3v) is 3.86. The maximum Gasteiger partial charge on any atom is 0.126 e. The van der Waals surface area contributed by atoms with Crippen LogP contribution in [-0.4, -0.2) is 9.55 Å². The Kier molecular flexibility index (Phi) is 5.09. The molecule has 0 aliphatic heterocycles. The zero-order valence-corrected chi connectivity index (χ0v) is 13.6. The second-order valence-electron chi connectivity index (χ2n) is 5.83. The summed E-state index contributed by atoms with van der Waals surface area (Å²) in [5.41, 5.74) is 3.88. The molecule has 0 aliphatic carbocycles. The predicted octanol–water partition coefficient (Wildman–Crippen LogP) is 4.50. The Morgan fingerprint density at radius 1 is 0.957 bits per heavy atom. The van der Waals surface area contributed by atoms with Crippen molar-refractivity contribution in [2.24, 2.45) is 0 Å². The summed E-state index contributed by atoms with van der Waals surface area (Å²) in [6, 6.07) is 16.8. The van der Waals surface area contributed by atoms with Crippen LogP contribution >= 0.6 is 0 Å². The molecule has 0 radical (unpaired) electrons. The summed E-state index contributed by atoms with van der Waals surface area (Å²) in [6.07, 6.45) is 8.66. The second kappa shape index (κ2) is 7.63. The number of nitrogens with one attached hydrogen (secondary N) is 1. The number of aryl methyl sites for hydroxylation is 1. The van der Waals surface area contributed by atoms with Gasteiger partial charge in [0.1, 0.15) is 5.82 Å². The van der Waals surface area contributed by atoms with Crippen molar-refractivity contribution in [3.8, 4) is 0 Å². The Morgan fingerprint density at radius 3 is 2.57 bits per heavy atom. The van der Waals surface area contributed by atoms with Crippen molar-refractivity contribution in [1.82, 2.24) is 9.55 Å². The number of nitrogens with zero attached hydrogens (tertiary/aromatic N) is 2. The maximum absolute atomic E-state index is 4.51. The standard InChI is InChI=1S/C20H23N3/c1-2-6-18-11-12-23(15-18)16-19-9-10-20(22-14-19)21-13-17-7-4-3-5-8-17/h3-5,7-12,14-15H,2,6,13,16H2,1H3,(H,21,22). The molecule has 0 saturated heterocycles. The normalized spacial score (nSPS) is 10.7. The number of hydrogen-bond donors (Lipinski definition) is 1. The van der Waals surface area contributed by atoms with Crippen molar-refractivity contribution in [2.45, 2.75) is 32.9 Å². The molecule has 1 aromatic carbocycles. The fourth-order valence-corrected chi connectivity index (χ4v) is 2.65. The smallest absolute Gasteiger partial charge is 0.126 e. The molecular formula is C20H23N3. The van der Waals surface area contributed by atoms with Crippen LogP contribution in [0, 0.1) is 0 Å². The topological polar surface area (TPSA) is 29.9 Å². The summed E-state index contributed by atoms with van der Waals surface area (Å²) in [5, 5.41) is 3.35. The lowest BCUT2D eigenvalue weighted by Gasteiger charge is -2.07. The molecule has 0 bridgehead atoms. The van der Waals surface area contributed by atoms with Crippen molar-refractivity contribution < 1.29 is 0 Å². The van der Waals surface area contributed by atoms with E-state index < -0.39 is 0 Å². The van der Waals surface area contributed by atoms with Gasteiger partial charge in [0.2, 0.25) is 0 Å². The highest BCUT2D eigenvalue weighted by molar-refractivity contribution is 5.36. The Labute approximate surface area is 138 Å². The quantitative estimate of drug-likeness (QED) is 0.696. The van der Waals surface area contributed by atoms with Gasteiger partial charge in [-0.05, 0) is 35.2 Å². The molecule has 0 amide bonds. The third-order valence-electron chi connectivity index (χ3n) is 3.86. The highest BCUT2D eigenvalue weighted by Crippen LogP contribution is 2.11. The van der Waals surface area contributed by atoms with Crippen LogP contribution in [0.25, 0.3) is 0 Å². The fraction of sp³-hybridized carbons (Fsp3) is 0.250. The minimum atomic E-state index is 0.797. The first kappa shape index (κ1) is 15.3. The number of benzene rings is 1. The molecule has 0 atom stereocenters. The van der Waals surface area contributed by atoms with Crippen LogP contribution in [0.4, 0.5) is 5.82 Å². The van der Waals surface area contributed by atoms with Gasteiger partial charge in [0.15, 0.2) is 0 Å². The summed E-state index contributed by atoms with van der Waals surface area (Å²) in [4.78, 5) is 4.51. The van der Waals surface area contributed by atoms with Gasteiger partial charge in [0.25, 0.3) is 0 Å². The van der Waals surface area contributed by atoms with E-state index in [1.165, 1.54) is 23.1 Å². The first-order valence-electron chi connectivity index (χ1n) is 8.21. The molecule has 0 fully saturated rings. The number of pyridine rings is 1. The van der Waals surface area contributed by atoms with Crippen LogP contribution in [0.15, 0.2) is 67.1 Å². The van der Waals surface area contributed by atoms with Gasteiger partial charge in [-0.15, -0.1) is 0 Å². The molecule has 0 spiro atoms. The molecule has 2 aromatic heterocycles. The predicted molar refractivity (Wildman–Crippen MR) is 95.5 cm³/mol. The van der Waals surface area contributed by atoms with Gasteiger partial charge in [0.05, 0.1) is 0 Å². The number of rotatable bonds is 7. The molecule has 118 valence electrons. The van der Waals surface area contributed by atoms with Crippen LogP contribution in [0.1, 0.15) is 30.0 Å². The molecular weight excluding hydrogens is 282 g/mol. The van der Waals surface area contributed by atoms with Crippen LogP contribution in [-0.2, 0) is 19.5 Å². The Morgan fingerprint density at radius 2 is 1.83 bits per heavy atom. The number of anilines is 1.